The molecule has 0 unspecified atom stereocenters. The number of nitrogens with one attached hydrogen (secondary N) is 1. The minimum absolute atomic E-state index is 0.198. The Morgan fingerprint density at radius 3 is 2.28 bits per heavy atom. The van der Waals surface area contributed by atoms with Crippen LogP contribution in [0.2, 0.25) is 0 Å². The molecule has 4 heteroatoms. The van der Waals surface area contributed by atoms with Gasteiger partial charge in [-0.3, -0.25) is 0 Å². The maximum absolute atomic E-state index is 11.9. The Bertz CT molecular complexity index is 501. The van der Waals surface area contributed by atoms with E-state index in [2.05, 4.69) is 12.2 Å². The van der Waals surface area contributed by atoms with Crippen LogP contribution in [0, 0.1) is 0 Å². The van der Waals surface area contributed by atoms with Crippen LogP contribution in [0.15, 0.2) is 29.2 Å². The third-order valence-corrected chi connectivity index (χ3v) is 5.53. The van der Waals surface area contributed by atoms with Gasteiger partial charge < -0.3 is 5.32 Å². The van der Waals surface area contributed by atoms with E-state index in [-0.39, 0.29) is 11.3 Å². The third-order valence-electron chi connectivity index (χ3n) is 3.59. The second-order valence-electron chi connectivity index (χ2n) is 5.38. The van der Waals surface area contributed by atoms with Crippen LogP contribution in [0.25, 0.3) is 0 Å². The molecule has 1 aromatic carbocycles. The van der Waals surface area contributed by atoms with Gasteiger partial charge in [-0.15, -0.1) is 0 Å². The SMILES string of the molecule is CCCS(=O)(=O)c1ccc(NC2(C)CCC2)cc1. The standard InChI is InChI=1S/C14H21NO2S/c1-3-11-18(16,17)13-7-5-12(6-8-13)15-14(2)9-4-10-14/h5-8,15H,3-4,9-11H2,1-2H3. The second-order valence-corrected chi connectivity index (χ2v) is 7.49. The molecule has 0 atom stereocenters. The van der Waals surface area contributed by atoms with Crippen molar-refractivity contribution in [2.45, 2.75) is 50.0 Å². The Balaban J connectivity index is 2.10. The average molecular weight is 267 g/mol. The van der Waals surface area contributed by atoms with Crippen LogP contribution in [-0.4, -0.2) is 19.7 Å². The van der Waals surface area contributed by atoms with E-state index >= 15 is 0 Å². The quantitative estimate of drug-likeness (QED) is 0.891. The molecule has 1 fully saturated rings. The lowest BCUT2D eigenvalue weighted by Gasteiger charge is -2.40. The lowest BCUT2D eigenvalue weighted by Crippen LogP contribution is -2.41. The van der Waals surface area contributed by atoms with Crippen molar-refractivity contribution in [1.82, 2.24) is 0 Å². The lowest BCUT2D eigenvalue weighted by molar-refractivity contribution is 0.306. The molecule has 1 aromatic rings. The first-order valence-corrected chi connectivity index (χ1v) is 8.21. The molecule has 1 saturated carbocycles. The maximum atomic E-state index is 11.9. The van der Waals surface area contributed by atoms with Crippen molar-refractivity contribution in [3.63, 3.8) is 0 Å². The van der Waals surface area contributed by atoms with Gasteiger partial charge in [0, 0.05) is 11.2 Å². The summed E-state index contributed by atoms with van der Waals surface area (Å²) in [4.78, 5) is 0.425. The first-order valence-electron chi connectivity index (χ1n) is 6.56. The van der Waals surface area contributed by atoms with E-state index in [1.54, 1.807) is 12.1 Å². The molecule has 2 rings (SSSR count). The van der Waals surface area contributed by atoms with Gasteiger partial charge in [0.05, 0.1) is 10.6 Å². The third kappa shape index (κ3) is 2.86. The van der Waals surface area contributed by atoms with Gasteiger partial charge in [-0.25, -0.2) is 8.42 Å². The molecule has 0 spiro atoms. The number of sulfone groups is 1. The first-order chi connectivity index (χ1) is 8.45. The summed E-state index contributed by atoms with van der Waals surface area (Å²) in [6, 6.07) is 7.14. The summed E-state index contributed by atoms with van der Waals surface area (Å²) in [7, 11) is -3.09. The van der Waals surface area contributed by atoms with Crippen molar-refractivity contribution < 1.29 is 8.42 Å². The topological polar surface area (TPSA) is 46.2 Å². The van der Waals surface area contributed by atoms with Gasteiger partial charge in [0.2, 0.25) is 0 Å². The molecule has 100 valence electrons. The number of benzene rings is 1. The van der Waals surface area contributed by atoms with E-state index in [0.717, 1.165) is 5.69 Å². The van der Waals surface area contributed by atoms with Crippen molar-refractivity contribution in [3.05, 3.63) is 24.3 Å². The highest BCUT2D eigenvalue weighted by molar-refractivity contribution is 7.91. The van der Waals surface area contributed by atoms with Crippen LogP contribution in [-0.2, 0) is 9.84 Å². The highest BCUT2D eigenvalue weighted by Gasteiger charge is 2.31. The van der Waals surface area contributed by atoms with E-state index < -0.39 is 9.84 Å². The smallest absolute Gasteiger partial charge is 0.178 e. The monoisotopic (exact) mass is 267 g/mol. The van der Waals surface area contributed by atoms with Gasteiger partial charge in [-0.2, -0.15) is 0 Å². The van der Waals surface area contributed by atoms with Crippen molar-refractivity contribution in [2.24, 2.45) is 0 Å². The molecule has 0 aliphatic heterocycles. The molecule has 0 heterocycles. The number of hydrogen-bond donors (Lipinski definition) is 1. The fourth-order valence-electron chi connectivity index (χ4n) is 2.31. The molecular formula is C14H21NO2S. The zero-order chi connectivity index (χ0) is 13.2. The summed E-state index contributed by atoms with van der Waals surface area (Å²) in [6.07, 6.45) is 4.29. The number of anilines is 1. The van der Waals surface area contributed by atoms with Crippen molar-refractivity contribution in [1.29, 1.82) is 0 Å². The average Bonchev–Trinajstić information content (AvgIpc) is 2.27. The highest BCUT2D eigenvalue weighted by atomic mass is 32.2. The Morgan fingerprint density at radius 2 is 1.83 bits per heavy atom. The Kier molecular flexibility index (Phi) is 3.66. The molecule has 0 amide bonds. The summed E-state index contributed by atoms with van der Waals surface area (Å²) in [6.45, 7) is 4.09. The molecule has 1 aliphatic carbocycles. The van der Waals surface area contributed by atoms with Gasteiger partial charge in [-0.05, 0) is 56.9 Å². The first kappa shape index (κ1) is 13.4. The van der Waals surface area contributed by atoms with Gasteiger partial charge in [-0.1, -0.05) is 6.92 Å². The Hall–Kier alpha value is -1.03. The Morgan fingerprint density at radius 1 is 1.22 bits per heavy atom. The molecule has 3 nitrogen and oxygen atoms in total. The van der Waals surface area contributed by atoms with Crippen LogP contribution < -0.4 is 5.32 Å². The highest BCUT2D eigenvalue weighted by Crippen LogP contribution is 2.34. The Labute approximate surface area is 110 Å². The maximum Gasteiger partial charge on any atom is 0.178 e. The fourth-order valence-corrected chi connectivity index (χ4v) is 3.64. The van der Waals surface area contributed by atoms with Crippen molar-refractivity contribution in [2.75, 3.05) is 11.1 Å². The van der Waals surface area contributed by atoms with Gasteiger partial charge in [0.15, 0.2) is 9.84 Å². The zero-order valence-electron chi connectivity index (χ0n) is 11.1. The molecule has 1 N–H and O–H groups in total. The largest absolute Gasteiger partial charge is 0.380 e. The van der Waals surface area contributed by atoms with E-state index in [1.807, 2.05) is 19.1 Å². The second kappa shape index (κ2) is 4.92. The molecule has 0 saturated heterocycles. The van der Waals surface area contributed by atoms with Crippen molar-refractivity contribution in [3.8, 4) is 0 Å². The van der Waals surface area contributed by atoms with Gasteiger partial charge in [0.1, 0.15) is 0 Å². The van der Waals surface area contributed by atoms with Crippen molar-refractivity contribution >= 4 is 15.5 Å². The van der Waals surface area contributed by atoms with Crippen LogP contribution >= 0.6 is 0 Å². The summed E-state index contributed by atoms with van der Waals surface area (Å²) in [5.74, 6) is 0.220. The number of hydrogen-bond acceptors (Lipinski definition) is 3. The lowest BCUT2D eigenvalue weighted by atomic mass is 9.78. The van der Waals surface area contributed by atoms with E-state index in [1.165, 1.54) is 19.3 Å². The minimum atomic E-state index is -3.09. The molecule has 0 bridgehead atoms. The predicted molar refractivity (Wildman–Crippen MR) is 74.7 cm³/mol. The summed E-state index contributed by atoms with van der Waals surface area (Å²) in [5.41, 5.74) is 1.21. The van der Waals surface area contributed by atoms with Crippen LogP contribution in [0.3, 0.4) is 0 Å². The van der Waals surface area contributed by atoms with Crippen LogP contribution in [0.4, 0.5) is 5.69 Å². The predicted octanol–water partition coefficient (Wildman–Crippen LogP) is 3.22. The zero-order valence-corrected chi connectivity index (χ0v) is 11.9. The van der Waals surface area contributed by atoms with E-state index in [0.29, 0.717) is 11.3 Å². The molecule has 0 radical (unpaired) electrons. The summed E-state index contributed by atoms with van der Waals surface area (Å²) < 4.78 is 23.8. The molecule has 18 heavy (non-hydrogen) atoms. The molecule has 0 aromatic heterocycles. The summed E-state index contributed by atoms with van der Waals surface area (Å²) >= 11 is 0. The van der Waals surface area contributed by atoms with Gasteiger partial charge >= 0.3 is 0 Å². The van der Waals surface area contributed by atoms with E-state index in [4.69, 9.17) is 0 Å². The van der Waals surface area contributed by atoms with Crippen LogP contribution in [0.1, 0.15) is 39.5 Å². The number of rotatable bonds is 5. The molecular weight excluding hydrogens is 246 g/mol. The van der Waals surface area contributed by atoms with Crippen LogP contribution in [0.5, 0.6) is 0 Å². The molecule has 1 aliphatic rings. The summed E-state index contributed by atoms with van der Waals surface area (Å²) in [5, 5.41) is 3.47. The van der Waals surface area contributed by atoms with E-state index in [9.17, 15) is 8.42 Å². The normalized spacial score (nSPS) is 18.1. The minimum Gasteiger partial charge on any atom is -0.380 e. The van der Waals surface area contributed by atoms with Gasteiger partial charge in [0.25, 0.3) is 0 Å². The fraction of sp³-hybridized carbons (Fsp3) is 0.571.